The number of carbonyl (C=O) groups is 1. The minimum Gasteiger partial charge on any atom is -0.480 e. The van der Waals surface area contributed by atoms with E-state index in [0.29, 0.717) is 0 Å². The SMILES string of the molecule is O=C(O)COC[C@@H]1CC(F)(F)CCN1. The molecule has 0 aromatic rings. The van der Waals surface area contributed by atoms with E-state index in [1.165, 1.54) is 0 Å². The monoisotopic (exact) mass is 209 g/mol. The molecule has 1 atom stereocenters. The van der Waals surface area contributed by atoms with E-state index in [4.69, 9.17) is 9.84 Å². The van der Waals surface area contributed by atoms with Crippen molar-refractivity contribution in [2.75, 3.05) is 19.8 Å². The van der Waals surface area contributed by atoms with E-state index in [1.807, 2.05) is 0 Å². The van der Waals surface area contributed by atoms with Crippen molar-refractivity contribution in [1.82, 2.24) is 5.32 Å². The average molecular weight is 209 g/mol. The summed E-state index contributed by atoms with van der Waals surface area (Å²) in [7, 11) is 0. The van der Waals surface area contributed by atoms with E-state index < -0.39 is 24.5 Å². The summed E-state index contributed by atoms with van der Waals surface area (Å²) >= 11 is 0. The van der Waals surface area contributed by atoms with Gasteiger partial charge in [0, 0.05) is 25.4 Å². The van der Waals surface area contributed by atoms with Crippen molar-refractivity contribution in [2.24, 2.45) is 0 Å². The summed E-state index contributed by atoms with van der Waals surface area (Å²) in [6.07, 6.45) is -0.449. The lowest BCUT2D eigenvalue weighted by molar-refractivity contribution is -0.142. The van der Waals surface area contributed by atoms with Gasteiger partial charge in [-0.2, -0.15) is 0 Å². The van der Waals surface area contributed by atoms with Crippen molar-refractivity contribution in [3.8, 4) is 0 Å². The topological polar surface area (TPSA) is 58.6 Å². The number of halogens is 2. The standard InChI is InChI=1S/C8H13F2NO3/c9-8(10)1-2-11-6(3-8)4-14-5-7(12)13/h6,11H,1-5H2,(H,12,13)/t6-/m0/s1. The Morgan fingerprint density at radius 1 is 1.64 bits per heavy atom. The first-order valence-electron chi connectivity index (χ1n) is 4.40. The quantitative estimate of drug-likeness (QED) is 0.706. The lowest BCUT2D eigenvalue weighted by atomic mass is 10.0. The van der Waals surface area contributed by atoms with Crippen LogP contribution in [0.4, 0.5) is 8.78 Å². The Bertz CT molecular complexity index is 211. The van der Waals surface area contributed by atoms with Crippen molar-refractivity contribution >= 4 is 5.97 Å². The van der Waals surface area contributed by atoms with Crippen LogP contribution < -0.4 is 5.32 Å². The first-order valence-corrected chi connectivity index (χ1v) is 4.40. The van der Waals surface area contributed by atoms with Gasteiger partial charge in [-0.1, -0.05) is 0 Å². The van der Waals surface area contributed by atoms with Crippen LogP contribution in [0.1, 0.15) is 12.8 Å². The Morgan fingerprint density at radius 3 is 2.93 bits per heavy atom. The molecule has 0 aromatic carbocycles. The van der Waals surface area contributed by atoms with Crippen LogP contribution in [0.5, 0.6) is 0 Å². The van der Waals surface area contributed by atoms with E-state index in [0.717, 1.165) is 0 Å². The maximum absolute atomic E-state index is 12.8. The molecule has 2 N–H and O–H groups in total. The minimum atomic E-state index is -2.65. The zero-order valence-electron chi connectivity index (χ0n) is 7.63. The predicted molar refractivity (Wildman–Crippen MR) is 44.4 cm³/mol. The molecular formula is C8H13F2NO3. The molecule has 1 saturated heterocycles. The Balaban J connectivity index is 2.21. The number of carboxylic acids is 1. The lowest BCUT2D eigenvalue weighted by Gasteiger charge is -2.29. The highest BCUT2D eigenvalue weighted by molar-refractivity contribution is 5.67. The minimum absolute atomic E-state index is 0.0158. The summed E-state index contributed by atoms with van der Waals surface area (Å²) < 4.78 is 30.4. The molecule has 14 heavy (non-hydrogen) atoms. The van der Waals surface area contributed by atoms with Gasteiger partial charge < -0.3 is 15.2 Å². The van der Waals surface area contributed by atoms with E-state index in [1.54, 1.807) is 0 Å². The fourth-order valence-electron chi connectivity index (χ4n) is 1.40. The molecule has 0 spiro atoms. The Kier molecular flexibility index (Phi) is 3.77. The first-order chi connectivity index (χ1) is 6.49. The zero-order valence-corrected chi connectivity index (χ0v) is 7.63. The van der Waals surface area contributed by atoms with E-state index in [9.17, 15) is 13.6 Å². The summed E-state index contributed by atoms with van der Waals surface area (Å²) in [6.45, 7) is -0.181. The third-order valence-corrected chi connectivity index (χ3v) is 2.01. The molecule has 6 heteroatoms. The molecule has 4 nitrogen and oxygen atoms in total. The molecule has 1 heterocycles. The Hall–Kier alpha value is -0.750. The van der Waals surface area contributed by atoms with E-state index in [2.05, 4.69) is 5.32 Å². The van der Waals surface area contributed by atoms with Crippen LogP contribution in [0.25, 0.3) is 0 Å². The number of hydrogen-bond acceptors (Lipinski definition) is 3. The van der Waals surface area contributed by atoms with Crippen LogP contribution in [-0.4, -0.2) is 42.8 Å². The molecule has 0 amide bonds. The second-order valence-corrected chi connectivity index (χ2v) is 3.37. The van der Waals surface area contributed by atoms with Crippen molar-refractivity contribution in [1.29, 1.82) is 0 Å². The maximum Gasteiger partial charge on any atom is 0.329 e. The molecule has 0 bridgehead atoms. The van der Waals surface area contributed by atoms with Gasteiger partial charge in [0.15, 0.2) is 0 Å². The molecule has 0 radical (unpaired) electrons. The van der Waals surface area contributed by atoms with Crippen LogP contribution >= 0.6 is 0 Å². The largest absolute Gasteiger partial charge is 0.480 e. The number of ether oxygens (including phenoxy) is 1. The highest BCUT2D eigenvalue weighted by atomic mass is 19.3. The van der Waals surface area contributed by atoms with E-state index in [-0.39, 0.29) is 26.0 Å². The molecular weight excluding hydrogens is 196 g/mol. The van der Waals surface area contributed by atoms with Crippen LogP contribution in [-0.2, 0) is 9.53 Å². The number of alkyl halides is 2. The number of aliphatic carboxylic acids is 1. The summed E-state index contributed by atoms with van der Waals surface area (Å²) in [6, 6.07) is -0.446. The lowest BCUT2D eigenvalue weighted by Crippen LogP contribution is -2.46. The molecule has 1 aliphatic rings. The fourth-order valence-corrected chi connectivity index (χ4v) is 1.40. The summed E-state index contributed by atoms with van der Waals surface area (Å²) in [5.41, 5.74) is 0. The van der Waals surface area contributed by atoms with Crippen LogP contribution in [0.3, 0.4) is 0 Å². The van der Waals surface area contributed by atoms with E-state index >= 15 is 0 Å². The van der Waals surface area contributed by atoms with Crippen molar-refractivity contribution in [2.45, 2.75) is 24.8 Å². The first kappa shape index (κ1) is 11.3. The summed E-state index contributed by atoms with van der Waals surface area (Å²) in [5, 5.41) is 11.1. The van der Waals surface area contributed by atoms with Crippen molar-refractivity contribution in [3.63, 3.8) is 0 Å². The van der Waals surface area contributed by atoms with Gasteiger partial charge in [0.25, 0.3) is 5.92 Å². The van der Waals surface area contributed by atoms with Gasteiger partial charge >= 0.3 is 5.97 Å². The third-order valence-electron chi connectivity index (χ3n) is 2.01. The fraction of sp³-hybridized carbons (Fsp3) is 0.875. The zero-order chi connectivity index (χ0) is 10.6. The summed E-state index contributed by atoms with van der Waals surface area (Å²) in [4.78, 5) is 10.1. The van der Waals surface area contributed by atoms with Crippen LogP contribution in [0.2, 0.25) is 0 Å². The average Bonchev–Trinajstić information content (AvgIpc) is 2.01. The second-order valence-electron chi connectivity index (χ2n) is 3.37. The highest BCUT2D eigenvalue weighted by Crippen LogP contribution is 2.27. The number of rotatable bonds is 4. The van der Waals surface area contributed by atoms with Gasteiger partial charge in [0.05, 0.1) is 6.61 Å². The number of carboxylic acid groups (broad SMARTS) is 1. The van der Waals surface area contributed by atoms with Gasteiger partial charge in [-0.3, -0.25) is 0 Å². The molecule has 1 fully saturated rings. The van der Waals surface area contributed by atoms with Gasteiger partial charge in [-0.25, -0.2) is 13.6 Å². The third kappa shape index (κ3) is 3.97. The van der Waals surface area contributed by atoms with Crippen molar-refractivity contribution in [3.05, 3.63) is 0 Å². The number of hydrogen-bond donors (Lipinski definition) is 2. The number of nitrogens with one attached hydrogen (secondary N) is 1. The molecule has 0 aliphatic carbocycles. The molecule has 0 unspecified atom stereocenters. The smallest absolute Gasteiger partial charge is 0.329 e. The Labute approximate surface area is 80.2 Å². The normalized spacial score (nSPS) is 26.0. The van der Waals surface area contributed by atoms with Gasteiger partial charge in [0.1, 0.15) is 6.61 Å². The number of piperidine rings is 1. The predicted octanol–water partition coefficient (Wildman–Crippen LogP) is 0.475. The molecule has 82 valence electrons. The van der Waals surface area contributed by atoms with Crippen LogP contribution in [0, 0.1) is 0 Å². The molecule has 1 rings (SSSR count). The highest BCUT2D eigenvalue weighted by Gasteiger charge is 2.35. The van der Waals surface area contributed by atoms with Crippen LogP contribution in [0.15, 0.2) is 0 Å². The molecule has 0 saturated carbocycles. The van der Waals surface area contributed by atoms with Gasteiger partial charge in [-0.05, 0) is 0 Å². The second kappa shape index (κ2) is 4.65. The summed E-state index contributed by atoms with van der Waals surface area (Å²) in [5.74, 6) is -3.74. The van der Waals surface area contributed by atoms with Gasteiger partial charge in [-0.15, -0.1) is 0 Å². The maximum atomic E-state index is 12.8. The molecule has 1 aliphatic heterocycles. The molecule has 0 aromatic heterocycles. The van der Waals surface area contributed by atoms with Crippen molar-refractivity contribution < 1.29 is 23.4 Å². The Morgan fingerprint density at radius 2 is 2.36 bits per heavy atom. The van der Waals surface area contributed by atoms with Gasteiger partial charge in [0.2, 0.25) is 0 Å².